The van der Waals surface area contributed by atoms with Crippen LogP contribution in [0.1, 0.15) is 27.8 Å². The standard InChI is InChI=1S/C21H24N2O3S/c1-14-4-6-17(7-5-14)13-27(25,26)22-9-8-18-12-19-16(3)10-15(2)11-20(19)23-21(18)24/h4-7,10-12,22H,8-9,13H2,1-3H3,(H,23,24). The van der Waals surface area contributed by atoms with E-state index in [4.69, 9.17) is 0 Å². The van der Waals surface area contributed by atoms with Gasteiger partial charge in [-0.05, 0) is 56.0 Å². The molecule has 2 N–H and O–H groups in total. The summed E-state index contributed by atoms with van der Waals surface area (Å²) in [4.78, 5) is 15.2. The van der Waals surface area contributed by atoms with Crippen LogP contribution < -0.4 is 10.3 Å². The number of fused-ring (bicyclic) bond motifs is 1. The maximum absolute atomic E-state index is 12.3. The molecule has 0 unspecified atom stereocenters. The Balaban J connectivity index is 1.70. The number of pyridine rings is 1. The van der Waals surface area contributed by atoms with E-state index in [1.165, 1.54) is 0 Å². The summed E-state index contributed by atoms with van der Waals surface area (Å²) < 4.78 is 27.1. The third kappa shape index (κ3) is 4.84. The molecule has 6 heteroatoms. The Morgan fingerprint density at radius 2 is 1.67 bits per heavy atom. The van der Waals surface area contributed by atoms with Crippen LogP contribution in [0, 0.1) is 20.8 Å². The van der Waals surface area contributed by atoms with E-state index in [9.17, 15) is 13.2 Å². The first-order chi connectivity index (χ1) is 12.7. The Morgan fingerprint density at radius 3 is 2.37 bits per heavy atom. The summed E-state index contributed by atoms with van der Waals surface area (Å²) in [6.07, 6.45) is 0.339. The third-order valence-corrected chi connectivity index (χ3v) is 5.94. The van der Waals surface area contributed by atoms with E-state index in [2.05, 4.69) is 15.8 Å². The van der Waals surface area contributed by atoms with Crippen LogP contribution in [0.25, 0.3) is 10.9 Å². The van der Waals surface area contributed by atoms with Crippen molar-refractivity contribution in [3.05, 3.63) is 80.6 Å². The highest BCUT2D eigenvalue weighted by molar-refractivity contribution is 7.88. The molecule has 0 aliphatic carbocycles. The average Bonchev–Trinajstić information content (AvgIpc) is 2.57. The Kier molecular flexibility index (Phi) is 5.48. The molecule has 27 heavy (non-hydrogen) atoms. The Labute approximate surface area is 159 Å². The molecule has 0 saturated heterocycles. The van der Waals surface area contributed by atoms with Crippen LogP contribution in [-0.2, 0) is 22.2 Å². The summed E-state index contributed by atoms with van der Waals surface area (Å²) in [7, 11) is -3.45. The van der Waals surface area contributed by atoms with Gasteiger partial charge in [-0.2, -0.15) is 0 Å². The molecule has 1 heterocycles. The van der Waals surface area contributed by atoms with Crippen molar-refractivity contribution in [3.8, 4) is 0 Å². The van der Waals surface area contributed by atoms with E-state index in [-0.39, 0.29) is 17.9 Å². The minimum Gasteiger partial charge on any atom is -0.322 e. The number of hydrogen-bond acceptors (Lipinski definition) is 3. The lowest BCUT2D eigenvalue weighted by molar-refractivity contribution is 0.580. The van der Waals surface area contributed by atoms with Gasteiger partial charge in [-0.1, -0.05) is 35.9 Å². The average molecular weight is 385 g/mol. The van der Waals surface area contributed by atoms with Crippen molar-refractivity contribution in [2.45, 2.75) is 32.9 Å². The lowest BCUT2D eigenvalue weighted by atomic mass is 10.0. The second-order valence-electron chi connectivity index (χ2n) is 7.06. The quantitative estimate of drug-likeness (QED) is 0.685. The summed E-state index contributed by atoms with van der Waals surface area (Å²) in [5.74, 6) is -0.0697. The van der Waals surface area contributed by atoms with Crippen LogP contribution >= 0.6 is 0 Å². The summed E-state index contributed by atoms with van der Waals surface area (Å²) in [5, 5.41) is 0.984. The van der Waals surface area contributed by atoms with Gasteiger partial charge in [0.1, 0.15) is 0 Å². The van der Waals surface area contributed by atoms with Gasteiger partial charge in [0.05, 0.1) is 5.75 Å². The predicted molar refractivity (Wildman–Crippen MR) is 110 cm³/mol. The van der Waals surface area contributed by atoms with Crippen LogP contribution in [0.2, 0.25) is 0 Å². The fraction of sp³-hybridized carbons (Fsp3) is 0.286. The van der Waals surface area contributed by atoms with Crippen LogP contribution in [0.15, 0.2) is 47.3 Å². The van der Waals surface area contributed by atoms with Crippen molar-refractivity contribution < 1.29 is 8.42 Å². The molecule has 3 aromatic rings. The zero-order valence-corrected chi connectivity index (χ0v) is 16.6. The van der Waals surface area contributed by atoms with Gasteiger partial charge in [-0.25, -0.2) is 13.1 Å². The summed E-state index contributed by atoms with van der Waals surface area (Å²) in [5.41, 5.74) is 5.21. The molecular formula is C21H24N2O3S. The molecular weight excluding hydrogens is 360 g/mol. The normalized spacial score (nSPS) is 11.8. The van der Waals surface area contributed by atoms with Crippen molar-refractivity contribution >= 4 is 20.9 Å². The molecule has 0 radical (unpaired) electrons. The fourth-order valence-corrected chi connectivity index (χ4v) is 4.34. The summed E-state index contributed by atoms with van der Waals surface area (Å²) >= 11 is 0. The van der Waals surface area contributed by atoms with Crippen LogP contribution in [0.4, 0.5) is 0 Å². The number of sulfonamides is 1. The minimum absolute atomic E-state index is 0.0697. The SMILES string of the molecule is Cc1ccc(CS(=O)(=O)NCCc2cc3c(C)cc(C)cc3[nH]c2=O)cc1. The second-order valence-corrected chi connectivity index (χ2v) is 8.86. The number of benzene rings is 2. The Morgan fingerprint density at radius 1 is 0.963 bits per heavy atom. The highest BCUT2D eigenvalue weighted by Crippen LogP contribution is 2.18. The first-order valence-electron chi connectivity index (χ1n) is 8.89. The molecule has 0 aliphatic heterocycles. The molecule has 1 aromatic heterocycles. The van der Waals surface area contributed by atoms with Crippen molar-refractivity contribution in [2.75, 3.05) is 6.54 Å². The molecule has 142 valence electrons. The molecule has 0 spiro atoms. The molecule has 0 aliphatic rings. The lowest BCUT2D eigenvalue weighted by Gasteiger charge is -2.09. The van der Waals surface area contributed by atoms with Crippen LogP contribution in [-0.4, -0.2) is 19.9 Å². The molecule has 5 nitrogen and oxygen atoms in total. The van der Waals surface area contributed by atoms with E-state index in [0.717, 1.165) is 33.2 Å². The van der Waals surface area contributed by atoms with Gasteiger partial charge in [0.15, 0.2) is 0 Å². The molecule has 0 saturated carbocycles. The van der Waals surface area contributed by atoms with Gasteiger partial charge < -0.3 is 4.98 Å². The first kappa shape index (κ1) is 19.3. The zero-order chi connectivity index (χ0) is 19.6. The minimum atomic E-state index is -3.45. The number of H-pyrrole nitrogens is 1. The van der Waals surface area contributed by atoms with Gasteiger partial charge in [-0.3, -0.25) is 4.79 Å². The monoisotopic (exact) mass is 384 g/mol. The van der Waals surface area contributed by atoms with Crippen molar-refractivity contribution in [2.24, 2.45) is 0 Å². The Bertz CT molecular complexity index is 1130. The highest BCUT2D eigenvalue weighted by atomic mass is 32.2. The van der Waals surface area contributed by atoms with E-state index < -0.39 is 10.0 Å². The Hall–Kier alpha value is -2.44. The van der Waals surface area contributed by atoms with Gasteiger partial charge in [0.2, 0.25) is 10.0 Å². The van der Waals surface area contributed by atoms with E-state index in [1.54, 1.807) is 0 Å². The topological polar surface area (TPSA) is 79.0 Å². The smallest absolute Gasteiger partial charge is 0.251 e. The molecule has 0 fully saturated rings. The number of aromatic nitrogens is 1. The molecule has 0 atom stereocenters. The second kappa shape index (κ2) is 7.66. The van der Waals surface area contributed by atoms with Crippen molar-refractivity contribution in [1.29, 1.82) is 0 Å². The molecule has 0 amide bonds. The number of nitrogens with one attached hydrogen (secondary N) is 2. The van der Waals surface area contributed by atoms with Crippen LogP contribution in [0.3, 0.4) is 0 Å². The van der Waals surface area contributed by atoms with Gasteiger partial charge in [-0.15, -0.1) is 0 Å². The van der Waals surface area contributed by atoms with Crippen molar-refractivity contribution in [1.82, 2.24) is 9.71 Å². The molecule has 0 bridgehead atoms. The zero-order valence-electron chi connectivity index (χ0n) is 15.8. The molecule has 3 rings (SSSR count). The maximum atomic E-state index is 12.3. The summed E-state index contributed by atoms with van der Waals surface area (Å²) in [6, 6.07) is 13.3. The first-order valence-corrected chi connectivity index (χ1v) is 10.5. The largest absolute Gasteiger partial charge is 0.322 e. The predicted octanol–water partition coefficient (Wildman–Crippen LogP) is 3.12. The van der Waals surface area contributed by atoms with Crippen LogP contribution in [0.5, 0.6) is 0 Å². The lowest BCUT2D eigenvalue weighted by Crippen LogP contribution is -2.28. The van der Waals surface area contributed by atoms with Gasteiger partial charge in [0, 0.05) is 23.0 Å². The number of aryl methyl sites for hydroxylation is 3. The van der Waals surface area contributed by atoms with E-state index >= 15 is 0 Å². The molecule has 2 aromatic carbocycles. The van der Waals surface area contributed by atoms with Crippen molar-refractivity contribution in [3.63, 3.8) is 0 Å². The third-order valence-electron chi connectivity index (χ3n) is 4.58. The summed E-state index contributed by atoms with van der Waals surface area (Å²) in [6.45, 7) is 6.14. The van der Waals surface area contributed by atoms with E-state index in [1.807, 2.05) is 57.2 Å². The highest BCUT2D eigenvalue weighted by Gasteiger charge is 2.12. The van der Waals surface area contributed by atoms with Gasteiger partial charge in [0.25, 0.3) is 5.56 Å². The number of aromatic amines is 1. The van der Waals surface area contributed by atoms with E-state index in [0.29, 0.717) is 12.0 Å². The number of hydrogen-bond donors (Lipinski definition) is 2. The number of rotatable bonds is 6. The van der Waals surface area contributed by atoms with Gasteiger partial charge >= 0.3 is 0 Å². The fourth-order valence-electron chi connectivity index (χ4n) is 3.20. The maximum Gasteiger partial charge on any atom is 0.251 e.